The van der Waals surface area contributed by atoms with Crippen molar-refractivity contribution >= 4 is 17.7 Å². The summed E-state index contributed by atoms with van der Waals surface area (Å²) in [7, 11) is 0. The minimum atomic E-state index is -0.196. The Morgan fingerprint density at radius 3 is 2.37 bits per heavy atom. The molecular formula is C15H30N2OS. The van der Waals surface area contributed by atoms with Gasteiger partial charge in [-0.25, -0.2) is 0 Å². The van der Waals surface area contributed by atoms with Gasteiger partial charge < -0.3 is 10.6 Å². The molecule has 0 spiro atoms. The minimum Gasteiger partial charge on any atom is -0.337 e. The molecule has 1 rings (SSSR count). The summed E-state index contributed by atoms with van der Waals surface area (Å²) in [6.07, 6.45) is 6.22. The molecule has 0 heterocycles. The lowest BCUT2D eigenvalue weighted by molar-refractivity contribution is -0.133. The summed E-state index contributed by atoms with van der Waals surface area (Å²) < 4.78 is 0. The third kappa shape index (κ3) is 6.17. The van der Waals surface area contributed by atoms with Gasteiger partial charge in [-0.05, 0) is 40.5 Å². The standard InChI is InChI=1S/C15H30N2OS/c1-12(2)17(13-8-6-5-7-9-13)14(18)10-19-11-15(3,4)16/h12-13H,5-11,16H2,1-4H3. The second-order valence-corrected chi connectivity index (χ2v) is 7.65. The molecule has 0 aromatic heterocycles. The Morgan fingerprint density at radius 1 is 1.32 bits per heavy atom. The smallest absolute Gasteiger partial charge is 0.233 e. The van der Waals surface area contributed by atoms with E-state index in [1.807, 2.05) is 13.8 Å². The SMILES string of the molecule is CC(C)N(C(=O)CSCC(C)(C)N)C1CCCCC1. The summed E-state index contributed by atoms with van der Waals surface area (Å²) in [5.41, 5.74) is 5.76. The van der Waals surface area contributed by atoms with Crippen LogP contribution in [0, 0.1) is 0 Å². The second-order valence-electron chi connectivity index (χ2n) is 6.67. The van der Waals surface area contributed by atoms with Crippen LogP contribution in [0.25, 0.3) is 0 Å². The molecule has 4 heteroatoms. The Labute approximate surface area is 122 Å². The Morgan fingerprint density at radius 2 is 1.89 bits per heavy atom. The molecule has 1 amide bonds. The number of nitrogens with zero attached hydrogens (tertiary/aromatic N) is 1. The fraction of sp³-hybridized carbons (Fsp3) is 0.933. The lowest BCUT2D eigenvalue weighted by atomic mass is 9.93. The van der Waals surface area contributed by atoms with Crippen molar-refractivity contribution in [1.82, 2.24) is 4.90 Å². The van der Waals surface area contributed by atoms with Crippen molar-refractivity contribution in [3.8, 4) is 0 Å². The largest absolute Gasteiger partial charge is 0.337 e. The average molecular weight is 286 g/mol. The molecular weight excluding hydrogens is 256 g/mol. The predicted octanol–water partition coefficient (Wildman–Crippen LogP) is 3.03. The van der Waals surface area contributed by atoms with Gasteiger partial charge in [-0.2, -0.15) is 11.8 Å². The molecule has 0 radical (unpaired) electrons. The van der Waals surface area contributed by atoms with E-state index in [9.17, 15) is 4.79 Å². The Balaban J connectivity index is 2.48. The first-order valence-corrected chi connectivity index (χ1v) is 8.64. The highest BCUT2D eigenvalue weighted by atomic mass is 32.2. The molecule has 0 atom stereocenters. The van der Waals surface area contributed by atoms with E-state index < -0.39 is 0 Å². The van der Waals surface area contributed by atoms with Crippen LogP contribution < -0.4 is 5.73 Å². The van der Waals surface area contributed by atoms with Gasteiger partial charge in [-0.15, -0.1) is 0 Å². The molecule has 1 saturated carbocycles. The van der Waals surface area contributed by atoms with Crippen LogP contribution in [0.15, 0.2) is 0 Å². The van der Waals surface area contributed by atoms with Gasteiger partial charge in [0.15, 0.2) is 0 Å². The summed E-state index contributed by atoms with van der Waals surface area (Å²) in [5.74, 6) is 1.68. The van der Waals surface area contributed by atoms with E-state index in [1.54, 1.807) is 11.8 Å². The van der Waals surface area contributed by atoms with E-state index in [1.165, 1.54) is 32.1 Å². The Kier molecular flexibility index (Phi) is 6.67. The zero-order valence-electron chi connectivity index (χ0n) is 12.9. The lowest BCUT2D eigenvalue weighted by Crippen LogP contribution is -2.47. The fourth-order valence-electron chi connectivity index (χ4n) is 2.75. The summed E-state index contributed by atoms with van der Waals surface area (Å²) >= 11 is 1.66. The minimum absolute atomic E-state index is 0.196. The lowest BCUT2D eigenvalue weighted by Gasteiger charge is -2.37. The highest BCUT2D eigenvalue weighted by Crippen LogP contribution is 2.25. The second kappa shape index (κ2) is 7.53. The first-order valence-electron chi connectivity index (χ1n) is 7.49. The number of hydrogen-bond donors (Lipinski definition) is 1. The zero-order chi connectivity index (χ0) is 14.5. The van der Waals surface area contributed by atoms with Crippen molar-refractivity contribution in [3.05, 3.63) is 0 Å². The third-order valence-corrected chi connectivity index (χ3v) is 4.91. The molecule has 0 saturated heterocycles. The van der Waals surface area contributed by atoms with Crippen LogP contribution in [-0.4, -0.2) is 39.9 Å². The summed E-state index contributed by atoms with van der Waals surface area (Å²) in [5, 5.41) is 0. The maximum atomic E-state index is 12.4. The number of amides is 1. The quantitative estimate of drug-likeness (QED) is 0.816. The topological polar surface area (TPSA) is 46.3 Å². The Bertz CT molecular complexity index is 280. The predicted molar refractivity (Wildman–Crippen MR) is 84.4 cm³/mol. The van der Waals surface area contributed by atoms with Crippen LogP contribution in [0.2, 0.25) is 0 Å². The van der Waals surface area contributed by atoms with Crippen LogP contribution in [0.5, 0.6) is 0 Å². The molecule has 112 valence electrons. The van der Waals surface area contributed by atoms with Crippen molar-refractivity contribution in [1.29, 1.82) is 0 Å². The molecule has 0 aromatic rings. The van der Waals surface area contributed by atoms with Gasteiger partial charge in [0.2, 0.25) is 5.91 Å². The number of thioether (sulfide) groups is 1. The number of carbonyl (C=O) groups excluding carboxylic acids is 1. The number of rotatable bonds is 6. The maximum Gasteiger partial charge on any atom is 0.233 e. The number of hydrogen-bond acceptors (Lipinski definition) is 3. The van der Waals surface area contributed by atoms with Crippen LogP contribution >= 0.6 is 11.8 Å². The van der Waals surface area contributed by atoms with E-state index in [-0.39, 0.29) is 11.4 Å². The summed E-state index contributed by atoms with van der Waals surface area (Å²) in [4.78, 5) is 14.6. The summed E-state index contributed by atoms with van der Waals surface area (Å²) in [6, 6.07) is 0.773. The van der Waals surface area contributed by atoms with Gasteiger partial charge >= 0.3 is 0 Å². The van der Waals surface area contributed by atoms with Crippen LogP contribution in [0.1, 0.15) is 59.8 Å². The fourth-order valence-corrected chi connectivity index (χ4v) is 3.70. The van der Waals surface area contributed by atoms with E-state index in [2.05, 4.69) is 18.7 Å². The van der Waals surface area contributed by atoms with Crippen molar-refractivity contribution in [2.45, 2.75) is 77.4 Å². The van der Waals surface area contributed by atoms with E-state index >= 15 is 0 Å². The average Bonchev–Trinajstić information content (AvgIpc) is 2.28. The highest BCUT2D eigenvalue weighted by molar-refractivity contribution is 8.00. The Hall–Kier alpha value is -0.220. The van der Waals surface area contributed by atoms with E-state index in [0.717, 1.165) is 5.75 Å². The first-order chi connectivity index (χ1) is 8.81. The van der Waals surface area contributed by atoms with Gasteiger partial charge in [-0.3, -0.25) is 4.79 Å². The molecule has 0 aliphatic heterocycles. The molecule has 0 aromatic carbocycles. The molecule has 19 heavy (non-hydrogen) atoms. The molecule has 2 N–H and O–H groups in total. The molecule has 1 aliphatic rings. The van der Waals surface area contributed by atoms with Crippen molar-refractivity contribution in [3.63, 3.8) is 0 Å². The monoisotopic (exact) mass is 286 g/mol. The van der Waals surface area contributed by atoms with Gasteiger partial charge in [-0.1, -0.05) is 19.3 Å². The normalized spacial score (nSPS) is 17.8. The van der Waals surface area contributed by atoms with E-state index in [0.29, 0.717) is 17.8 Å². The molecule has 1 fully saturated rings. The third-order valence-electron chi connectivity index (χ3n) is 3.51. The van der Waals surface area contributed by atoms with Gasteiger partial charge in [0, 0.05) is 23.4 Å². The van der Waals surface area contributed by atoms with Gasteiger partial charge in [0.1, 0.15) is 0 Å². The van der Waals surface area contributed by atoms with Crippen molar-refractivity contribution < 1.29 is 4.79 Å². The first kappa shape index (κ1) is 16.8. The molecule has 3 nitrogen and oxygen atoms in total. The highest BCUT2D eigenvalue weighted by Gasteiger charge is 2.27. The molecule has 1 aliphatic carbocycles. The van der Waals surface area contributed by atoms with Gasteiger partial charge in [0.05, 0.1) is 5.75 Å². The van der Waals surface area contributed by atoms with Gasteiger partial charge in [0.25, 0.3) is 0 Å². The number of nitrogens with two attached hydrogens (primary N) is 1. The molecule has 0 bridgehead atoms. The van der Waals surface area contributed by atoms with Crippen molar-refractivity contribution in [2.75, 3.05) is 11.5 Å². The van der Waals surface area contributed by atoms with E-state index in [4.69, 9.17) is 5.73 Å². The van der Waals surface area contributed by atoms with Crippen LogP contribution in [-0.2, 0) is 4.79 Å². The summed E-state index contributed by atoms with van der Waals surface area (Å²) in [6.45, 7) is 8.27. The maximum absolute atomic E-state index is 12.4. The van der Waals surface area contributed by atoms with Crippen molar-refractivity contribution in [2.24, 2.45) is 5.73 Å². The number of carbonyl (C=O) groups is 1. The molecule has 0 unspecified atom stereocenters. The zero-order valence-corrected chi connectivity index (χ0v) is 13.8. The van der Waals surface area contributed by atoms with Crippen LogP contribution in [0.3, 0.4) is 0 Å². The van der Waals surface area contributed by atoms with Crippen LogP contribution in [0.4, 0.5) is 0 Å².